The van der Waals surface area contributed by atoms with Gasteiger partial charge in [0, 0.05) is 61.8 Å². The van der Waals surface area contributed by atoms with Crippen LogP contribution in [0, 0.1) is 0 Å². The number of amides is 4. The Morgan fingerprint density at radius 2 is 1.11 bits per heavy atom. The van der Waals surface area contributed by atoms with Crippen molar-refractivity contribution in [3.63, 3.8) is 0 Å². The maximum Gasteiger partial charge on any atom is 0.319 e. The van der Waals surface area contributed by atoms with E-state index in [0.29, 0.717) is 30.9 Å². The number of hydrogen-bond acceptors (Lipinski definition) is 6. The molecule has 6 N–H and O–H groups in total. The summed E-state index contributed by atoms with van der Waals surface area (Å²) in [6, 6.07) is 14.6. The minimum atomic E-state index is -0.285. The monoisotopic (exact) mass is 476 g/mol. The van der Waals surface area contributed by atoms with Crippen LogP contribution in [0.5, 0.6) is 0 Å². The molecule has 2 aliphatic rings. The van der Waals surface area contributed by atoms with Gasteiger partial charge in [-0.3, -0.25) is 9.98 Å². The molecule has 0 saturated heterocycles. The number of rotatable bonds is 8. The highest BCUT2D eigenvalue weighted by atomic mass is 16.2. The first-order chi connectivity index (χ1) is 17.2. The number of aliphatic imine (C=N–C) groups is 2. The number of benzene rings is 2. The predicted molar refractivity (Wildman–Crippen MR) is 140 cm³/mol. The molecule has 0 fully saturated rings. The second kappa shape index (κ2) is 12.4. The lowest BCUT2D eigenvalue weighted by molar-refractivity contribution is 0.251. The fourth-order valence-corrected chi connectivity index (χ4v) is 3.72. The number of nitrogens with zero attached hydrogens (tertiary/aromatic N) is 2. The number of hydrogen-bond donors (Lipinski definition) is 6. The standard InChI is InChI=1S/C25H32N8O2/c34-24(32-20-8-4-18(5-9-20)22-26-12-1-13-27-22)30-16-3-17-31-25(35)33-21-10-6-19(7-11-21)23-28-14-2-15-29-23/h4-11H,1-3,12-17H2,(H,26,27)(H,28,29)(H2,30,32,34)(H2,31,33,35). The molecule has 0 bridgehead atoms. The first-order valence-corrected chi connectivity index (χ1v) is 12.0. The minimum Gasteiger partial charge on any atom is -0.370 e. The summed E-state index contributed by atoms with van der Waals surface area (Å²) >= 11 is 0. The van der Waals surface area contributed by atoms with Gasteiger partial charge in [-0.25, -0.2) is 9.59 Å². The third-order valence-electron chi connectivity index (χ3n) is 5.55. The number of amidine groups is 2. The Bertz CT molecular complexity index is 978. The zero-order valence-corrected chi connectivity index (χ0v) is 19.7. The topological polar surface area (TPSA) is 131 Å². The molecule has 0 saturated carbocycles. The van der Waals surface area contributed by atoms with Crippen molar-refractivity contribution in [3.8, 4) is 0 Å². The Morgan fingerprint density at radius 3 is 1.49 bits per heavy atom. The Hall–Kier alpha value is -4.08. The van der Waals surface area contributed by atoms with E-state index in [1.807, 2.05) is 48.5 Å². The molecule has 2 aliphatic heterocycles. The van der Waals surface area contributed by atoms with Crippen LogP contribution >= 0.6 is 0 Å². The molecule has 0 unspecified atom stereocenters. The summed E-state index contributed by atoms with van der Waals surface area (Å²) in [5.41, 5.74) is 3.42. The Labute approximate surface area is 205 Å². The van der Waals surface area contributed by atoms with Gasteiger partial charge in [0.2, 0.25) is 0 Å². The van der Waals surface area contributed by atoms with Crippen LogP contribution in [0.1, 0.15) is 30.4 Å². The van der Waals surface area contributed by atoms with Crippen molar-refractivity contribution >= 4 is 35.1 Å². The summed E-state index contributed by atoms with van der Waals surface area (Å²) in [4.78, 5) is 33.2. The van der Waals surface area contributed by atoms with Gasteiger partial charge < -0.3 is 31.9 Å². The van der Waals surface area contributed by atoms with Gasteiger partial charge in [-0.2, -0.15) is 0 Å². The average Bonchev–Trinajstić information content (AvgIpc) is 2.90. The molecule has 2 aromatic rings. The number of nitrogens with one attached hydrogen (secondary N) is 6. The van der Waals surface area contributed by atoms with Crippen LogP contribution in [0.4, 0.5) is 21.0 Å². The van der Waals surface area contributed by atoms with Gasteiger partial charge in [0.1, 0.15) is 11.7 Å². The third-order valence-corrected chi connectivity index (χ3v) is 5.55. The van der Waals surface area contributed by atoms with E-state index in [-0.39, 0.29) is 12.1 Å². The lowest BCUT2D eigenvalue weighted by Crippen LogP contribution is -2.34. The van der Waals surface area contributed by atoms with Crippen molar-refractivity contribution in [3.05, 3.63) is 59.7 Å². The predicted octanol–water partition coefficient (Wildman–Crippen LogP) is 2.50. The zero-order valence-electron chi connectivity index (χ0n) is 19.7. The molecule has 4 amide bonds. The van der Waals surface area contributed by atoms with Crippen LogP contribution in [0.15, 0.2) is 58.5 Å². The highest BCUT2D eigenvalue weighted by molar-refractivity contribution is 6.00. The van der Waals surface area contributed by atoms with Crippen LogP contribution in [0.25, 0.3) is 0 Å². The van der Waals surface area contributed by atoms with Crippen molar-refractivity contribution in [2.45, 2.75) is 19.3 Å². The molecule has 10 heteroatoms. The molecule has 4 rings (SSSR count). The summed E-state index contributed by atoms with van der Waals surface area (Å²) < 4.78 is 0. The van der Waals surface area contributed by atoms with E-state index >= 15 is 0 Å². The van der Waals surface area contributed by atoms with Crippen LogP contribution in [-0.2, 0) is 0 Å². The van der Waals surface area contributed by atoms with Gasteiger partial charge in [0.15, 0.2) is 0 Å². The smallest absolute Gasteiger partial charge is 0.319 e. The summed E-state index contributed by atoms with van der Waals surface area (Å²) in [5, 5.41) is 17.8. The molecule has 10 nitrogen and oxygen atoms in total. The molecular weight excluding hydrogens is 444 g/mol. The number of anilines is 2. The van der Waals surface area contributed by atoms with Crippen LogP contribution in [0.3, 0.4) is 0 Å². The molecule has 35 heavy (non-hydrogen) atoms. The summed E-state index contributed by atoms with van der Waals surface area (Å²) in [6.07, 6.45) is 2.70. The quantitative estimate of drug-likeness (QED) is 0.327. The SMILES string of the molecule is O=C(NCCCNC(=O)Nc1ccc(C2=NCCCN2)cc1)Nc1ccc(C2=NCCCN2)cc1. The second-order valence-electron chi connectivity index (χ2n) is 8.29. The van der Waals surface area contributed by atoms with Crippen molar-refractivity contribution in [1.82, 2.24) is 21.3 Å². The fourth-order valence-electron chi connectivity index (χ4n) is 3.72. The van der Waals surface area contributed by atoms with Gasteiger partial charge in [-0.05, 0) is 67.8 Å². The highest BCUT2D eigenvalue weighted by Crippen LogP contribution is 2.12. The van der Waals surface area contributed by atoms with E-state index in [4.69, 9.17) is 0 Å². The molecule has 0 atom stereocenters. The zero-order chi connectivity index (χ0) is 24.3. The lowest BCUT2D eigenvalue weighted by Gasteiger charge is -2.15. The van der Waals surface area contributed by atoms with Crippen LogP contribution < -0.4 is 31.9 Å². The van der Waals surface area contributed by atoms with Gasteiger partial charge in [-0.15, -0.1) is 0 Å². The van der Waals surface area contributed by atoms with E-state index in [0.717, 1.165) is 61.8 Å². The van der Waals surface area contributed by atoms with Crippen molar-refractivity contribution in [1.29, 1.82) is 0 Å². The van der Waals surface area contributed by atoms with Crippen LogP contribution in [0.2, 0.25) is 0 Å². The third kappa shape index (κ3) is 7.46. The minimum absolute atomic E-state index is 0.285. The molecule has 184 valence electrons. The van der Waals surface area contributed by atoms with Crippen LogP contribution in [-0.4, -0.2) is 63.0 Å². The lowest BCUT2D eigenvalue weighted by atomic mass is 10.1. The molecule has 0 spiro atoms. The Morgan fingerprint density at radius 1 is 0.686 bits per heavy atom. The van der Waals surface area contributed by atoms with E-state index in [1.165, 1.54) is 0 Å². The summed E-state index contributed by atoms with van der Waals surface area (Å²) in [7, 11) is 0. The maximum atomic E-state index is 12.1. The molecular formula is C25H32N8O2. The van der Waals surface area contributed by atoms with Crippen molar-refractivity contribution in [2.24, 2.45) is 9.98 Å². The number of carbonyl (C=O) groups excluding carboxylic acids is 2. The highest BCUT2D eigenvalue weighted by Gasteiger charge is 2.09. The van der Waals surface area contributed by atoms with E-state index in [9.17, 15) is 9.59 Å². The molecule has 0 aliphatic carbocycles. The number of urea groups is 2. The average molecular weight is 477 g/mol. The maximum absolute atomic E-state index is 12.1. The van der Waals surface area contributed by atoms with Crippen molar-refractivity contribution < 1.29 is 9.59 Å². The number of carbonyl (C=O) groups is 2. The summed E-state index contributed by atoms with van der Waals surface area (Å²) in [6.45, 7) is 4.41. The first kappa shape index (κ1) is 24.1. The van der Waals surface area contributed by atoms with E-state index in [1.54, 1.807) is 0 Å². The fraction of sp³-hybridized carbons (Fsp3) is 0.360. The van der Waals surface area contributed by atoms with Gasteiger partial charge in [-0.1, -0.05) is 0 Å². The van der Waals surface area contributed by atoms with Gasteiger partial charge >= 0.3 is 12.1 Å². The van der Waals surface area contributed by atoms with E-state index in [2.05, 4.69) is 41.9 Å². The summed E-state index contributed by atoms with van der Waals surface area (Å²) in [5.74, 6) is 1.79. The first-order valence-electron chi connectivity index (χ1n) is 12.0. The Balaban J connectivity index is 1.10. The largest absolute Gasteiger partial charge is 0.370 e. The van der Waals surface area contributed by atoms with E-state index < -0.39 is 0 Å². The molecule has 0 aromatic heterocycles. The van der Waals surface area contributed by atoms with Gasteiger partial charge in [0.25, 0.3) is 0 Å². The molecule has 0 radical (unpaired) electrons. The van der Waals surface area contributed by atoms with Gasteiger partial charge in [0.05, 0.1) is 0 Å². The normalized spacial score (nSPS) is 15.0. The molecule has 2 heterocycles. The Kier molecular flexibility index (Phi) is 8.52. The second-order valence-corrected chi connectivity index (χ2v) is 8.29. The molecule has 2 aromatic carbocycles. The van der Waals surface area contributed by atoms with Crippen molar-refractivity contribution in [2.75, 3.05) is 49.9 Å².